The van der Waals surface area contributed by atoms with E-state index in [-0.39, 0.29) is 11.4 Å². The number of fused-ring (bicyclic) bond motifs is 2. The van der Waals surface area contributed by atoms with E-state index in [1.54, 1.807) is 22.1 Å². The Balaban J connectivity index is 1.01. The van der Waals surface area contributed by atoms with Crippen molar-refractivity contribution in [3.8, 4) is 0 Å². The number of hydrogen-bond donors (Lipinski definition) is 0. The van der Waals surface area contributed by atoms with Crippen molar-refractivity contribution >= 4 is 28.0 Å². The lowest BCUT2D eigenvalue weighted by atomic mass is 9.56. The van der Waals surface area contributed by atoms with E-state index in [2.05, 4.69) is 21.2 Å². The minimum Gasteiger partial charge on any atom is -0.318 e. The largest absolute Gasteiger partial charge is 0.318 e. The second-order valence-electron chi connectivity index (χ2n) is 10.3. The first kappa shape index (κ1) is 21.7. The fourth-order valence-electron chi connectivity index (χ4n) is 6.16. The Morgan fingerprint density at radius 1 is 1.21 bits per heavy atom. The molecule has 2 fully saturated rings. The summed E-state index contributed by atoms with van der Waals surface area (Å²) in [5.74, 6) is 0.460. The number of aryl methyl sites for hydroxylation is 2. The monoisotopic (exact) mass is 479 g/mol. The van der Waals surface area contributed by atoms with Crippen LogP contribution in [0, 0.1) is 17.2 Å². The molecular formula is C26H27ClFN5O. The fourth-order valence-corrected chi connectivity index (χ4v) is 6.41. The molecule has 1 aliphatic heterocycles. The van der Waals surface area contributed by atoms with Crippen molar-refractivity contribution in [1.82, 2.24) is 24.1 Å². The van der Waals surface area contributed by atoms with Crippen LogP contribution in [-0.2, 0) is 19.9 Å². The minimum absolute atomic E-state index is 0.0367. The van der Waals surface area contributed by atoms with Gasteiger partial charge >= 0.3 is 0 Å². The van der Waals surface area contributed by atoms with Crippen LogP contribution in [0.15, 0.2) is 47.8 Å². The highest BCUT2D eigenvalue weighted by molar-refractivity contribution is 6.35. The summed E-state index contributed by atoms with van der Waals surface area (Å²) in [5.41, 5.74) is 3.04. The predicted octanol–water partition coefficient (Wildman–Crippen LogP) is 4.26. The van der Waals surface area contributed by atoms with Crippen LogP contribution in [0.25, 0.3) is 16.4 Å². The van der Waals surface area contributed by atoms with Crippen molar-refractivity contribution in [2.24, 2.45) is 18.4 Å². The quantitative estimate of drug-likeness (QED) is 0.414. The van der Waals surface area contributed by atoms with Gasteiger partial charge in [0.2, 0.25) is 0 Å². The maximum Gasteiger partial charge on any atom is 0.259 e. The molecule has 1 aromatic carbocycles. The number of pyridine rings is 2. The van der Waals surface area contributed by atoms with E-state index in [0.717, 1.165) is 37.9 Å². The Hall–Kier alpha value is -2.77. The molecule has 0 radical (unpaired) electrons. The summed E-state index contributed by atoms with van der Waals surface area (Å²) in [4.78, 5) is 15.0. The Bertz CT molecular complexity index is 1450. The number of likely N-dealkylation sites (tertiary alicyclic amines) is 1. The lowest BCUT2D eigenvalue weighted by molar-refractivity contribution is -0.0936. The van der Waals surface area contributed by atoms with Gasteiger partial charge in [0.1, 0.15) is 12.1 Å². The molecule has 0 amide bonds. The summed E-state index contributed by atoms with van der Waals surface area (Å²) >= 11 is 6.35. The molecule has 34 heavy (non-hydrogen) atoms. The number of benzene rings is 1. The molecule has 0 atom stereocenters. The summed E-state index contributed by atoms with van der Waals surface area (Å²) in [5, 5.41) is 9.98. The molecule has 8 heteroatoms. The fraction of sp³-hybridized carbons (Fsp3) is 0.423. The van der Waals surface area contributed by atoms with Crippen LogP contribution in [0.4, 0.5) is 4.39 Å². The van der Waals surface area contributed by atoms with Gasteiger partial charge in [-0.1, -0.05) is 17.7 Å². The average Bonchev–Trinajstić information content (AvgIpc) is 3.21. The topological polar surface area (TPSA) is 55.4 Å². The Morgan fingerprint density at radius 3 is 2.85 bits per heavy atom. The SMILES string of the molecule is Cn1ccc2c(CC3CC4(C3)CN(CCCc3cc5nncn5cc3F)C4)ccc(Cl)c2c1=O. The molecular weight excluding hydrogens is 453 g/mol. The molecule has 4 aromatic rings. The van der Waals surface area contributed by atoms with Crippen LogP contribution in [0.3, 0.4) is 0 Å². The van der Waals surface area contributed by atoms with E-state index in [1.165, 1.54) is 30.9 Å². The van der Waals surface area contributed by atoms with E-state index >= 15 is 0 Å². The van der Waals surface area contributed by atoms with Crippen LogP contribution in [-0.4, -0.2) is 43.7 Å². The van der Waals surface area contributed by atoms with Gasteiger partial charge in [-0.15, -0.1) is 10.2 Å². The number of nitrogens with zero attached hydrogens (tertiary/aromatic N) is 5. The zero-order chi connectivity index (χ0) is 23.4. The van der Waals surface area contributed by atoms with Crippen molar-refractivity contribution in [2.45, 2.75) is 32.1 Å². The molecule has 2 aliphatic rings. The lowest BCUT2D eigenvalue weighted by Gasteiger charge is -2.59. The molecule has 6 rings (SSSR count). The first-order chi connectivity index (χ1) is 16.4. The molecule has 0 unspecified atom stereocenters. The second kappa shape index (κ2) is 8.17. The molecule has 1 saturated carbocycles. The van der Waals surface area contributed by atoms with Gasteiger partial charge < -0.3 is 9.47 Å². The Labute approximate surface area is 202 Å². The van der Waals surface area contributed by atoms with E-state index in [1.807, 2.05) is 18.3 Å². The van der Waals surface area contributed by atoms with Gasteiger partial charge in [0.15, 0.2) is 5.65 Å². The van der Waals surface area contributed by atoms with Gasteiger partial charge in [0, 0.05) is 32.5 Å². The molecule has 3 aromatic heterocycles. The number of hydrogen-bond acceptors (Lipinski definition) is 4. The summed E-state index contributed by atoms with van der Waals surface area (Å²) in [6.45, 7) is 3.27. The van der Waals surface area contributed by atoms with Crippen molar-refractivity contribution in [1.29, 1.82) is 0 Å². The van der Waals surface area contributed by atoms with E-state index < -0.39 is 0 Å². The zero-order valence-electron chi connectivity index (χ0n) is 19.2. The first-order valence-corrected chi connectivity index (χ1v) is 12.3. The Kier molecular flexibility index (Phi) is 5.22. The van der Waals surface area contributed by atoms with E-state index in [9.17, 15) is 9.18 Å². The van der Waals surface area contributed by atoms with Crippen molar-refractivity contribution in [3.63, 3.8) is 0 Å². The standard InChI is InChI=1S/C26H27ClFN5O/c1-31-8-6-20-18(4-5-21(27)24(20)25(31)34)9-17-11-26(12-17)14-32(15-26)7-2-3-19-10-23-30-29-16-33(23)13-22(19)28/h4-6,8,10,13,16-17H,2-3,7,9,11-12,14-15H2,1H3. The van der Waals surface area contributed by atoms with Gasteiger partial charge in [0.25, 0.3) is 5.56 Å². The number of aromatic nitrogens is 4. The number of rotatable bonds is 6. The maximum absolute atomic E-state index is 14.3. The molecule has 0 bridgehead atoms. The lowest BCUT2D eigenvalue weighted by Crippen LogP contribution is -2.62. The maximum atomic E-state index is 14.3. The zero-order valence-corrected chi connectivity index (χ0v) is 19.9. The first-order valence-electron chi connectivity index (χ1n) is 11.9. The van der Waals surface area contributed by atoms with Gasteiger partial charge in [0.05, 0.1) is 10.4 Å². The third-order valence-electron chi connectivity index (χ3n) is 7.74. The van der Waals surface area contributed by atoms with Crippen LogP contribution >= 0.6 is 11.6 Å². The van der Waals surface area contributed by atoms with Crippen LogP contribution in [0.2, 0.25) is 5.02 Å². The van der Waals surface area contributed by atoms with Crippen molar-refractivity contribution in [2.75, 3.05) is 19.6 Å². The van der Waals surface area contributed by atoms with E-state index in [0.29, 0.717) is 39.4 Å². The van der Waals surface area contributed by atoms with Gasteiger partial charge in [-0.3, -0.25) is 9.20 Å². The summed E-state index contributed by atoms with van der Waals surface area (Å²) in [7, 11) is 1.76. The van der Waals surface area contributed by atoms with Gasteiger partial charge in [-0.25, -0.2) is 4.39 Å². The molecule has 1 spiro atoms. The van der Waals surface area contributed by atoms with Crippen LogP contribution in [0.1, 0.15) is 30.4 Å². The molecule has 1 aliphatic carbocycles. The summed E-state index contributed by atoms with van der Waals surface area (Å²) in [6.07, 6.45) is 9.91. The summed E-state index contributed by atoms with van der Waals surface area (Å²) in [6, 6.07) is 7.76. The smallest absolute Gasteiger partial charge is 0.259 e. The third-order valence-corrected chi connectivity index (χ3v) is 8.05. The second-order valence-corrected chi connectivity index (χ2v) is 10.7. The highest BCUT2D eigenvalue weighted by Gasteiger charge is 2.51. The van der Waals surface area contributed by atoms with Crippen LogP contribution < -0.4 is 5.56 Å². The van der Waals surface area contributed by atoms with Gasteiger partial charge in [-0.05, 0) is 84.7 Å². The predicted molar refractivity (Wildman–Crippen MR) is 131 cm³/mol. The highest BCUT2D eigenvalue weighted by Crippen LogP contribution is 2.53. The molecule has 4 heterocycles. The molecule has 176 valence electrons. The minimum atomic E-state index is -0.193. The normalized spacial score (nSPS) is 18.0. The summed E-state index contributed by atoms with van der Waals surface area (Å²) < 4.78 is 17.5. The van der Waals surface area contributed by atoms with E-state index in [4.69, 9.17) is 11.6 Å². The van der Waals surface area contributed by atoms with Crippen LogP contribution in [0.5, 0.6) is 0 Å². The van der Waals surface area contributed by atoms with Crippen molar-refractivity contribution in [3.05, 3.63) is 75.3 Å². The molecule has 6 nitrogen and oxygen atoms in total. The molecule has 0 N–H and O–H groups in total. The van der Waals surface area contributed by atoms with Crippen molar-refractivity contribution < 1.29 is 4.39 Å². The van der Waals surface area contributed by atoms with Gasteiger partial charge in [-0.2, -0.15) is 0 Å². The number of halogens is 2. The Morgan fingerprint density at radius 2 is 2.03 bits per heavy atom. The average molecular weight is 480 g/mol. The third kappa shape index (κ3) is 3.71. The highest BCUT2D eigenvalue weighted by atomic mass is 35.5. The molecule has 1 saturated heterocycles.